The Balaban J connectivity index is 1.61. The first kappa shape index (κ1) is 14.3. The van der Waals surface area contributed by atoms with E-state index >= 15 is 0 Å². The summed E-state index contributed by atoms with van der Waals surface area (Å²) in [5.74, 6) is 0.901. The van der Waals surface area contributed by atoms with Gasteiger partial charge in [0.15, 0.2) is 0 Å². The quantitative estimate of drug-likeness (QED) is 0.713. The molecule has 2 N–H and O–H groups in total. The van der Waals surface area contributed by atoms with Crippen LogP contribution in [0.4, 0.5) is 0 Å². The summed E-state index contributed by atoms with van der Waals surface area (Å²) in [5, 5.41) is 7.21. The first-order chi connectivity index (χ1) is 8.85. The molecule has 0 amide bonds. The van der Waals surface area contributed by atoms with Crippen molar-refractivity contribution in [1.82, 2.24) is 10.6 Å². The normalized spacial score (nSPS) is 28.2. The summed E-state index contributed by atoms with van der Waals surface area (Å²) in [6.07, 6.45) is 7.88. The second-order valence-corrected chi connectivity index (χ2v) is 6.14. The Bertz CT molecular complexity index is 221. The summed E-state index contributed by atoms with van der Waals surface area (Å²) in [4.78, 5) is 0. The minimum atomic E-state index is 0.517. The standard InChI is InChI=1S/C15H30N2O/c1-2-15(6-10-18-11-7-15)13-17-9-5-14-4-3-8-16-12-14/h14,16-17H,2-13H2,1H3. The van der Waals surface area contributed by atoms with E-state index in [9.17, 15) is 0 Å². The van der Waals surface area contributed by atoms with Crippen LogP contribution in [0.25, 0.3) is 0 Å². The Morgan fingerprint density at radius 3 is 2.83 bits per heavy atom. The lowest BCUT2D eigenvalue weighted by atomic mass is 9.78. The molecule has 106 valence electrons. The third kappa shape index (κ3) is 4.22. The third-order valence-electron chi connectivity index (χ3n) is 4.93. The summed E-state index contributed by atoms with van der Waals surface area (Å²) in [6.45, 7) is 9.08. The molecule has 0 aliphatic carbocycles. The number of hydrogen-bond donors (Lipinski definition) is 2. The van der Waals surface area contributed by atoms with E-state index in [2.05, 4.69) is 17.6 Å². The van der Waals surface area contributed by atoms with Crippen molar-refractivity contribution in [3.05, 3.63) is 0 Å². The lowest BCUT2D eigenvalue weighted by Gasteiger charge is -2.37. The molecule has 1 unspecified atom stereocenters. The number of piperidine rings is 1. The average Bonchev–Trinajstić information content (AvgIpc) is 2.46. The van der Waals surface area contributed by atoms with E-state index in [0.29, 0.717) is 5.41 Å². The van der Waals surface area contributed by atoms with Crippen LogP contribution in [-0.2, 0) is 4.74 Å². The van der Waals surface area contributed by atoms with Crippen LogP contribution in [0.5, 0.6) is 0 Å². The SMILES string of the molecule is CCC1(CNCCC2CCCNC2)CCOCC1. The van der Waals surface area contributed by atoms with Gasteiger partial charge in [-0.25, -0.2) is 0 Å². The molecule has 0 aromatic rings. The molecule has 2 saturated heterocycles. The molecule has 2 rings (SSSR count). The lowest BCUT2D eigenvalue weighted by molar-refractivity contribution is 0.0128. The van der Waals surface area contributed by atoms with E-state index < -0.39 is 0 Å². The zero-order chi connectivity index (χ0) is 12.7. The minimum Gasteiger partial charge on any atom is -0.381 e. The fraction of sp³-hybridized carbons (Fsp3) is 1.00. The number of nitrogens with one attached hydrogen (secondary N) is 2. The van der Waals surface area contributed by atoms with Crippen molar-refractivity contribution in [1.29, 1.82) is 0 Å². The van der Waals surface area contributed by atoms with Crippen LogP contribution in [-0.4, -0.2) is 39.4 Å². The molecule has 2 aliphatic rings. The van der Waals surface area contributed by atoms with Gasteiger partial charge in [0, 0.05) is 19.8 Å². The van der Waals surface area contributed by atoms with Gasteiger partial charge in [-0.05, 0) is 69.5 Å². The van der Waals surface area contributed by atoms with Gasteiger partial charge in [-0.1, -0.05) is 6.92 Å². The van der Waals surface area contributed by atoms with Gasteiger partial charge >= 0.3 is 0 Å². The van der Waals surface area contributed by atoms with E-state index in [1.165, 1.54) is 64.7 Å². The highest BCUT2D eigenvalue weighted by Crippen LogP contribution is 2.33. The largest absolute Gasteiger partial charge is 0.381 e. The molecule has 0 radical (unpaired) electrons. The molecule has 0 bridgehead atoms. The summed E-state index contributed by atoms with van der Waals surface area (Å²) in [6, 6.07) is 0. The van der Waals surface area contributed by atoms with Gasteiger partial charge in [0.05, 0.1) is 0 Å². The molecule has 18 heavy (non-hydrogen) atoms. The Morgan fingerprint density at radius 1 is 1.33 bits per heavy atom. The molecule has 2 fully saturated rings. The molecular formula is C15H30N2O. The summed E-state index contributed by atoms with van der Waals surface area (Å²) in [5.41, 5.74) is 0.517. The van der Waals surface area contributed by atoms with E-state index in [1.807, 2.05) is 0 Å². The topological polar surface area (TPSA) is 33.3 Å². The number of hydrogen-bond acceptors (Lipinski definition) is 3. The summed E-state index contributed by atoms with van der Waals surface area (Å²) < 4.78 is 5.49. The zero-order valence-electron chi connectivity index (χ0n) is 12.0. The van der Waals surface area contributed by atoms with Gasteiger partial charge in [0.1, 0.15) is 0 Å². The first-order valence-corrected chi connectivity index (χ1v) is 7.84. The van der Waals surface area contributed by atoms with Crippen LogP contribution in [0, 0.1) is 11.3 Å². The van der Waals surface area contributed by atoms with Gasteiger partial charge in [-0.15, -0.1) is 0 Å². The van der Waals surface area contributed by atoms with Gasteiger partial charge < -0.3 is 15.4 Å². The van der Waals surface area contributed by atoms with Gasteiger partial charge in [-0.3, -0.25) is 0 Å². The smallest absolute Gasteiger partial charge is 0.0471 e. The second kappa shape index (κ2) is 7.46. The van der Waals surface area contributed by atoms with Crippen molar-refractivity contribution in [2.75, 3.05) is 39.4 Å². The van der Waals surface area contributed by atoms with Gasteiger partial charge in [0.2, 0.25) is 0 Å². The van der Waals surface area contributed by atoms with E-state index in [1.54, 1.807) is 0 Å². The van der Waals surface area contributed by atoms with Gasteiger partial charge in [-0.2, -0.15) is 0 Å². The van der Waals surface area contributed by atoms with Crippen molar-refractivity contribution in [2.24, 2.45) is 11.3 Å². The van der Waals surface area contributed by atoms with Crippen LogP contribution in [0.1, 0.15) is 45.4 Å². The van der Waals surface area contributed by atoms with E-state index in [0.717, 1.165) is 19.1 Å². The lowest BCUT2D eigenvalue weighted by Crippen LogP contribution is -2.40. The molecule has 2 aliphatic heterocycles. The second-order valence-electron chi connectivity index (χ2n) is 6.14. The van der Waals surface area contributed by atoms with Crippen LogP contribution in [0.15, 0.2) is 0 Å². The van der Waals surface area contributed by atoms with Crippen LogP contribution >= 0.6 is 0 Å². The number of ether oxygens (including phenoxy) is 1. The Morgan fingerprint density at radius 2 is 2.17 bits per heavy atom. The Kier molecular flexibility index (Phi) is 5.93. The van der Waals surface area contributed by atoms with Gasteiger partial charge in [0.25, 0.3) is 0 Å². The van der Waals surface area contributed by atoms with Crippen molar-refractivity contribution < 1.29 is 4.74 Å². The zero-order valence-corrected chi connectivity index (χ0v) is 12.0. The Hall–Kier alpha value is -0.120. The van der Waals surface area contributed by atoms with Crippen molar-refractivity contribution in [3.8, 4) is 0 Å². The van der Waals surface area contributed by atoms with Crippen LogP contribution < -0.4 is 10.6 Å². The highest BCUT2D eigenvalue weighted by Gasteiger charge is 2.30. The third-order valence-corrected chi connectivity index (χ3v) is 4.93. The molecule has 0 aromatic heterocycles. The Labute approximate surface area is 112 Å². The van der Waals surface area contributed by atoms with Crippen molar-refractivity contribution in [2.45, 2.75) is 45.4 Å². The maximum Gasteiger partial charge on any atom is 0.0471 e. The molecule has 1 atom stereocenters. The average molecular weight is 254 g/mol. The molecule has 3 heteroatoms. The maximum absolute atomic E-state index is 5.49. The molecule has 0 aromatic carbocycles. The molecule has 2 heterocycles. The van der Waals surface area contributed by atoms with E-state index in [-0.39, 0.29) is 0 Å². The fourth-order valence-corrected chi connectivity index (χ4v) is 3.29. The van der Waals surface area contributed by atoms with E-state index in [4.69, 9.17) is 4.74 Å². The summed E-state index contributed by atoms with van der Waals surface area (Å²) >= 11 is 0. The highest BCUT2D eigenvalue weighted by atomic mass is 16.5. The highest BCUT2D eigenvalue weighted by molar-refractivity contribution is 4.83. The molecule has 3 nitrogen and oxygen atoms in total. The predicted octanol–water partition coefficient (Wildman–Crippen LogP) is 2.17. The van der Waals surface area contributed by atoms with Crippen LogP contribution in [0.2, 0.25) is 0 Å². The minimum absolute atomic E-state index is 0.517. The molecule has 0 saturated carbocycles. The first-order valence-electron chi connectivity index (χ1n) is 7.84. The van der Waals surface area contributed by atoms with Crippen molar-refractivity contribution >= 4 is 0 Å². The van der Waals surface area contributed by atoms with Crippen LogP contribution in [0.3, 0.4) is 0 Å². The van der Waals surface area contributed by atoms with Crippen molar-refractivity contribution in [3.63, 3.8) is 0 Å². The molecular weight excluding hydrogens is 224 g/mol. The molecule has 0 spiro atoms. The maximum atomic E-state index is 5.49. The predicted molar refractivity (Wildman–Crippen MR) is 75.9 cm³/mol. The fourth-order valence-electron chi connectivity index (χ4n) is 3.29. The monoisotopic (exact) mass is 254 g/mol. The number of rotatable bonds is 6. The summed E-state index contributed by atoms with van der Waals surface area (Å²) in [7, 11) is 0.